The average Bonchev–Trinajstić information content (AvgIpc) is 2.52. The summed E-state index contributed by atoms with van der Waals surface area (Å²) in [6.07, 6.45) is 1.65. The van der Waals surface area contributed by atoms with Gasteiger partial charge >= 0.3 is 10.2 Å². The van der Waals surface area contributed by atoms with Crippen molar-refractivity contribution in [2.75, 3.05) is 0 Å². The van der Waals surface area contributed by atoms with Gasteiger partial charge in [0.15, 0.2) is 0 Å². The van der Waals surface area contributed by atoms with Gasteiger partial charge in [-0.05, 0) is 50.2 Å². The summed E-state index contributed by atoms with van der Waals surface area (Å²) < 4.78 is 34.6. The summed E-state index contributed by atoms with van der Waals surface area (Å²) >= 11 is 0. The van der Waals surface area contributed by atoms with Crippen molar-refractivity contribution in [3.63, 3.8) is 0 Å². The van der Waals surface area contributed by atoms with Gasteiger partial charge in [0.25, 0.3) is 5.91 Å². The van der Waals surface area contributed by atoms with Gasteiger partial charge in [-0.2, -0.15) is 8.42 Å². The molecule has 7 heteroatoms. The molecule has 23 heavy (non-hydrogen) atoms. The fourth-order valence-electron chi connectivity index (χ4n) is 2.08. The molecule has 0 bridgehead atoms. The number of rotatable bonds is 5. The monoisotopic (exact) mass is 336 g/mol. The molecule has 1 heterocycles. The zero-order chi connectivity index (χ0) is 17.0. The fraction of sp³-hybridized carbons (Fsp3) is 0.250. The lowest BCUT2D eigenvalue weighted by atomic mass is 10.1. The molecule has 1 amide bonds. The molecule has 0 radical (unpaired) electrons. The van der Waals surface area contributed by atoms with Gasteiger partial charge in [0, 0.05) is 17.8 Å². The number of pyridine rings is 1. The van der Waals surface area contributed by atoms with Gasteiger partial charge in [-0.25, -0.2) is 0 Å². The Kier molecular flexibility index (Phi) is 5.10. The molecule has 0 saturated heterocycles. The van der Waals surface area contributed by atoms with Crippen molar-refractivity contribution in [3.8, 4) is 0 Å². The van der Waals surface area contributed by atoms with Crippen molar-refractivity contribution in [2.24, 2.45) is 0 Å². The molecule has 2 rings (SSSR count). The van der Waals surface area contributed by atoms with Crippen LogP contribution in [-0.4, -0.2) is 30.3 Å². The van der Waals surface area contributed by atoms with Crippen molar-refractivity contribution in [3.05, 3.63) is 59.9 Å². The summed E-state index contributed by atoms with van der Waals surface area (Å²) in [6.45, 7) is 4.09. The highest BCUT2D eigenvalue weighted by atomic mass is 32.3. The first-order valence-electron chi connectivity index (χ1n) is 7.04. The first-order chi connectivity index (χ1) is 10.8. The third kappa shape index (κ3) is 4.35. The minimum Gasteiger partial charge on any atom is -0.330 e. The third-order valence-electron chi connectivity index (χ3n) is 3.33. The Balaban J connectivity index is 2.24. The van der Waals surface area contributed by atoms with E-state index in [2.05, 4.69) is 4.98 Å². The Bertz CT molecular complexity index is 775. The van der Waals surface area contributed by atoms with Crippen LogP contribution in [0.5, 0.6) is 0 Å². The molecule has 0 N–H and O–H groups in total. The van der Waals surface area contributed by atoms with E-state index >= 15 is 0 Å². The molecule has 0 spiro atoms. The lowest BCUT2D eigenvalue weighted by Crippen LogP contribution is -2.36. The standard InChI is InChI=1S/C16H17FN2O3S/c1-12(2)19(11-14-5-3-4-10-18-14)16(20)13-6-8-15(9-7-13)23(17,21)22/h3-10,12H,11H2,1-2H3. The molecule has 0 aliphatic heterocycles. The highest BCUT2D eigenvalue weighted by Gasteiger charge is 2.20. The minimum atomic E-state index is -4.77. The molecular weight excluding hydrogens is 319 g/mol. The van der Waals surface area contributed by atoms with Crippen LogP contribution in [0.25, 0.3) is 0 Å². The Morgan fingerprint density at radius 3 is 2.30 bits per heavy atom. The van der Waals surface area contributed by atoms with E-state index in [0.717, 1.165) is 17.8 Å². The Hall–Kier alpha value is -2.28. The van der Waals surface area contributed by atoms with Crippen LogP contribution in [0, 0.1) is 0 Å². The normalized spacial score (nSPS) is 11.5. The van der Waals surface area contributed by atoms with Crippen LogP contribution in [0.15, 0.2) is 53.6 Å². The number of hydrogen-bond acceptors (Lipinski definition) is 4. The molecule has 122 valence electrons. The maximum Gasteiger partial charge on any atom is 0.332 e. The van der Waals surface area contributed by atoms with Crippen molar-refractivity contribution < 1.29 is 17.1 Å². The summed E-state index contributed by atoms with van der Waals surface area (Å²) in [5, 5.41) is 0. The molecule has 0 unspecified atom stereocenters. The van der Waals surface area contributed by atoms with Gasteiger partial charge in [-0.15, -0.1) is 3.89 Å². The maximum atomic E-state index is 12.9. The van der Waals surface area contributed by atoms with Crippen molar-refractivity contribution in [2.45, 2.75) is 31.3 Å². The topological polar surface area (TPSA) is 67.3 Å². The van der Waals surface area contributed by atoms with Crippen LogP contribution in [0.3, 0.4) is 0 Å². The van der Waals surface area contributed by atoms with Gasteiger partial charge in [0.2, 0.25) is 0 Å². The molecule has 5 nitrogen and oxygen atoms in total. The first-order valence-corrected chi connectivity index (χ1v) is 8.43. The number of benzene rings is 1. The lowest BCUT2D eigenvalue weighted by molar-refractivity contribution is 0.0687. The first kappa shape index (κ1) is 17.1. The average molecular weight is 336 g/mol. The number of nitrogens with zero attached hydrogens (tertiary/aromatic N) is 2. The predicted molar refractivity (Wildman–Crippen MR) is 84.0 cm³/mol. The summed E-state index contributed by atoms with van der Waals surface area (Å²) in [4.78, 5) is 18.0. The summed E-state index contributed by atoms with van der Waals surface area (Å²) in [5.74, 6) is -0.270. The van der Waals surface area contributed by atoms with Gasteiger partial charge < -0.3 is 4.90 Å². The van der Waals surface area contributed by atoms with Gasteiger partial charge in [0.05, 0.1) is 17.1 Å². The third-order valence-corrected chi connectivity index (χ3v) is 4.16. The van der Waals surface area contributed by atoms with E-state index in [-0.39, 0.29) is 11.9 Å². The highest BCUT2D eigenvalue weighted by molar-refractivity contribution is 7.86. The molecule has 2 aromatic rings. The quantitative estimate of drug-likeness (QED) is 0.788. The number of hydrogen-bond donors (Lipinski definition) is 0. The zero-order valence-corrected chi connectivity index (χ0v) is 13.6. The molecule has 1 aromatic carbocycles. The molecule has 0 aliphatic carbocycles. The zero-order valence-electron chi connectivity index (χ0n) is 12.8. The van der Waals surface area contributed by atoms with E-state index in [0.29, 0.717) is 12.1 Å². The lowest BCUT2D eigenvalue weighted by Gasteiger charge is -2.26. The molecule has 0 saturated carbocycles. The summed E-state index contributed by atoms with van der Waals surface area (Å²) in [7, 11) is -4.77. The van der Waals surface area contributed by atoms with Crippen LogP contribution >= 0.6 is 0 Å². The summed E-state index contributed by atoms with van der Waals surface area (Å²) in [5.41, 5.74) is 1.04. The van der Waals surface area contributed by atoms with Gasteiger partial charge in [-0.1, -0.05) is 6.07 Å². The minimum absolute atomic E-state index is 0.0749. The largest absolute Gasteiger partial charge is 0.332 e. The SMILES string of the molecule is CC(C)N(Cc1ccccn1)C(=O)c1ccc(S(=O)(=O)F)cc1. The van der Waals surface area contributed by atoms with Crippen LogP contribution in [0.1, 0.15) is 29.9 Å². The van der Waals surface area contributed by atoms with Crippen LogP contribution in [-0.2, 0) is 16.8 Å². The van der Waals surface area contributed by atoms with Gasteiger partial charge in [-0.3, -0.25) is 9.78 Å². The van der Waals surface area contributed by atoms with Crippen molar-refractivity contribution in [1.29, 1.82) is 0 Å². The maximum absolute atomic E-state index is 12.9. The molecule has 0 atom stereocenters. The number of aromatic nitrogens is 1. The van der Waals surface area contributed by atoms with Crippen LogP contribution in [0.4, 0.5) is 3.89 Å². The second-order valence-electron chi connectivity index (χ2n) is 5.31. The van der Waals surface area contributed by atoms with E-state index in [1.54, 1.807) is 17.2 Å². The summed E-state index contributed by atoms with van der Waals surface area (Å²) in [6, 6.07) is 10.2. The molecular formula is C16H17FN2O3S. The van der Waals surface area contributed by atoms with Crippen molar-refractivity contribution in [1.82, 2.24) is 9.88 Å². The number of carbonyl (C=O) groups is 1. The number of amides is 1. The smallest absolute Gasteiger partial charge is 0.330 e. The number of halogens is 1. The van der Waals surface area contributed by atoms with Crippen LogP contribution in [0.2, 0.25) is 0 Å². The Labute approximate surface area is 135 Å². The highest BCUT2D eigenvalue weighted by Crippen LogP contribution is 2.16. The molecule has 0 fully saturated rings. The molecule has 0 aliphatic rings. The molecule has 1 aromatic heterocycles. The Morgan fingerprint density at radius 2 is 1.83 bits per heavy atom. The van der Waals surface area contributed by atoms with Crippen LogP contribution < -0.4 is 0 Å². The second kappa shape index (κ2) is 6.87. The number of carbonyl (C=O) groups excluding carboxylic acids is 1. The van der Waals surface area contributed by atoms with E-state index in [4.69, 9.17) is 0 Å². The second-order valence-corrected chi connectivity index (χ2v) is 6.66. The Morgan fingerprint density at radius 1 is 1.17 bits per heavy atom. The van der Waals surface area contributed by atoms with E-state index < -0.39 is 15.1 Å². The fourth-order valence-corrected chi connectivity index (χ4v) is 2.54. The van der Waals surface area contributed by atoms with E-state index in [1.807, 2.05) is 26.0 Å². The van der Waals surface area contributed by atoms with Crippen molar-refractivity contribution >= 4 is 16.1 Å². The van der Waals surface area contributed by atoms with E-state index in [9.17, 15) is 17.1 Å². The van der Waals surface area contributed by atoms with Gasteiger partial charge in [0.1, 0.15) is 0 Å². The van der Waals surface area contributed by atoms with E-state index in [1.165, 1.54) is 12.1 Å². The predicted octanol–water partition coefficient (Wildman–Crippen LogP) is 2.79.